The highest BCUT2D eigenvalue weighted by molar-refractivity contribution is 7.27. The molecule has 8 aromatic carbocycles. The van der Waals surface area contributed by atoms with Crippen molar-refractivity contribution in [3.8, 4) is 11.1 Å². The van der Waals surface area contributed by atoms with Crippen LogP contribution in [0.1, 0.15) is 0 Å². The van der Waals surface area contributed by atoms with Gasteiger partial charge >= 0.3 is 0 Å². The normalized spacial score (nSPS) is 12.2. The van der Waals surface area contributed by atoms with Crippen LogP contribution in [0, 0.1) is 0 Å². The zero-order valence-electron chi connectivity index (χ0n) is 28.2. The molecule has 0 aliphatic rings. The van der Waals surface area contributed by atoms with E-state index in [1.807, 2.05) is 22.7 Å². The van der Waals surface area contributed by atoms with E-state index in [4.69, 9.17) is 8.83 Å². The van der Waals surface area contributed by atoms with E-state index in [1.165, 1.54) is 45.9 Å². The topological polar surface area (TPSA) is 29.5 Å². The van der Waals surface area contributed by atoms with Crippen LogP contribution in [0.25, 0.3) is 95.3 Å². The summed E-state index contributed by atoms with van der Waals surface area (Å²) in [5.41, 5.74) is 8.78. The predicted octanol–water partition coefficient (Wildman–Crippen LogP) is 15.4. The highest BCUT2D eigenvalue weighted by atomic mass is 32.1. The second kappa shape index (κ2) is 11.1. The van der Waals surface area contributed by atoms with Crippen molar-refractivity contribution >= 4 is 124 Å². The van der Waals surface area contributed by atoms with Gasteiger partial charge in [-0.25, -0.2) is 0 Å². The Kier molecular flexibility index (Phi) is 6.09. The molecule has 0 amide bonds. The van der Waals surface area contributed by atoms with Crippen molar-refractivity contribution in [2.75, 3.05) is 4.90 Å². The van der Waals surface area contributed by atoms with Crippen molar-refractivity contribution in [2.24, 2.45) is 0 Å². The molecule has 0 N–H and O–H groups in total. The fourth-order valence-corrected chi connectivity index (χ4v) is 10.7. The number of anilines is 3. The van der Waals surface area contributed by atoms with Gasteiger partial charge in [-0.2, -0.15) is 0 Å². The van der Waals surface area contributed by atoms with E-state index in [0.29, 0.717) is 0 Å². The van der Waals surface area contributed by atoms with Gasteiger partial charge in [0.25, 0.3) is 0 Å². The number of rotatable bonds is 4. The Labute approximate surface area is 311 Å². The van der Waals surface area contributed by atoms with Crippen molar-refractivity contribution in [1.82, 2.24) is 0 Å². The Morgan fingerprint density at radius 2 is 0.811 bits per heavy atom. The number of para-hydroxylation sites is 2. The quantitative estimate of drug-likeness (QED) is 0.182. The molecule has 248 valence electrons. The Hall–Kier alpha value is -6.40. The van der Waals surface area contributed by atoms with Crippen molar-refractivity contribution in [3.63, 3.8) is 0 Å². The number of hydrogen-bond acceptors (Lipinski definition) is 5. The van der Waals surface area contributed by atoms with Gasteiger partial charge < -0.3 is 13.7 Å². The highest BCUT2D eigenvalue weighted by Gasteiger charge is 2.28. The van der Waals surface area contributed by atoms with E-state index in [0.717, 1.165) is 66.5 Å². The lowest BCUT2D eigenvalue weighted by Crippen LogP contribution is -2.10. The van der Waals surface area contributed by atoms with E-state index in [2.05, 4.69) is 169 Å². The van der Waals surface area contributed by atoms with Crippen LogP contribution in [0.3, 0.4) is 0 Å². The van der Waals surface area contributed by atoms with Crippen LogP contribution >= 0.6 is 22.7 Å². The van der Waals surface area contributed by atoms with Crippen molar-refractivity contribution in [1.29, 1.82) is 0 Å². The van der Waals surface area contributed by atoms with Gasteiger partial charge in [0.05, 0.1) is 11.4 Å². The van der Waals surface area contributed by atoms with Gasteiger partial charge in [0, 0.05) is 67.6 Å². The van der Waals surface area contributed by atoms with Gasteiger partial charge in [-0.05, 0) is 59.7 Å². The number of nitrogens with zero attached hydrogens (tertiary/aromatic N) is 1. The fraction of sp³-hybridized carbons (Fsp3) is 0. The molecular weight excluding hydrogens is 687 g/mol. The molecule has 0 unspecified atom stereocenters. The zero-order valence-corrected chi connectivity index (χ0v) is 29.8. The number of thiophene rings is 2. The lowest BCUT2D eigenvalue weighted by molar-refractivity contribution is 0.666. The molecule has 0 aliphatic heterocycles. The van der Waals surface area contributed by atoms with Crippen LogP contribution in [0.15, 0.2) is 173 Å². The first-order valence-corrected chi connectivity index (χ1v) is 19.4. The van der Waals surface area contributed by atoms with Crippen LogP contribution in [-0.4, -0.2) is 0 Å². The molecule has 0 spiro atoms. The highest BCUT2D eigenvalue weighted by Crippen LogP contribution is 2.53. The molecule has 0 saturated heterocycles. The summed E-state index contributed by atoms with van der Waals surface area (Å²) in [6.45, 7) is 0. The Bertz CT molecular complexity index is 3210. The van der Waals surface area contributed by atoms with Crippen molar-refractivity contribution < 1.29 is 8.83 Å². The predicted molar refractivity (Wildman–Crippen MR) is 227 cm³/mol. The second-order valence-corrected chi connectivity index (χ2v) is 15.7. The largest absolute Gasteiger partial charge is 0.454 e. The average molecular weight is 714 g/mol. The van der Waals surface area contributed by atoms with E-state index in [9.17, 15) is 0 Å². The molecule has 5 heteroatoms. The molecular formula is C48H27NO2S2. The van der Waals surface area contributed by atoms with Crippen LogP contribution in [0.2, 0.25) is 0 Å². The summed E-state index contributed by atoms with van der Waals surface area (Å²) in [6, 6.07) is 58.5. The Balaban J connectivity index is 1.26. The summed E-state index contributed by atoms with van der Waals surface area (Å²) >= 11 is 3.67. The number of furan rings is 2. The van der Waals surface area contributed by atoms with Crippen LogP contribution in [0.5, 0.6) is 0 Å². The third-order valence-corrected chi connectivity index (χ3v) is 13.1. The SMILES string of the molecule is c1ccc(-c2ccc(N(c3cc4c5ccccc5sc4c4c3oc3ccccc34)c3cc4c5ccccc5sc4c4c3oc3ccccc34)cc2)cc1. The Morgan fingerprint density at radius 3 is 1.34 bits per heavy atom. The van der Waals surface area contributed by atoms with E-state index >= 15 is 0 Å². The molecule has 0 aliphatic carbocycles. The summed E-state index contributed by atoms with van der Waals surface area (Å²) in [7, 11) is 0. The number of fused-ring (bicyclic) bond motifs is 14. The average Bonchev–Trinajstić information content (AvgIpc) is 3.99. The first kappa shape index (κ1) is 29.2. The first-order valence-electron chi connectivity index (χ1n) is 17.7. The lowest BCUT2D eigenvalue weighted by Gasteiger charge is -2.26. The molecule has 4 heterocycles. The minimum Gasteiger partial charge on any atom is -0.454 e. The second-order valence-electron chi connectivity index (χ2n) is 13.6. The van der Waals surface area contributed by atoms with Crippen molar-refractivity contribution in [2.45, 2.75) is 0 Å². The Morgan fingerprint density at radius 1 is 0.377 bits per heavy atom. The standard InChI is InChI=1S/C48H27NO2S2/c1-2-12-28(13-3-1)29-22-24-30(25-23-29)49(37-26-35-31-14-6-10-20-41(31)52-47(35)43-33-16-4-8-18-39(33)50-45(37)43)38-27-36-32-15-7-11-21-42(32)53-48(36)44-34-17-5-9-19-40(34)51-46(38)44/h1-27H. The summed E-state index contributed by atoms with van der Waals surface area (Å²) in [4.78, 5) is 2.38. The zero-order chi connectivity index (χ0) is 34.6. The molecule has 0 fully saturated rings. The molecule has 4 aromatic heterocycles. The molecule has 12 aromatic rings. The summed E-state index contributed by atoms with van der Waals surface area (Å²) in [5.74, 6) is 0. The maximum Gasteiger partial charge on any atom is 0.160 e. The third-order valence-electron chi connectivity index (χ3n) is 10.7. The van der Waals surface area contributed by atoms with Gasteiger partial charge in [0.2, 0.25) is 0 Å². The van der Waals surface area contributed by atoms with Crippen molar-refractivity contribution in [3.05, 3.63) is 164 Å². The molecule has 53 heavy (non-hydrogen) atoms. The maximum atomic E-state index is 6.95. The molecule has 0 radical (unpaired) electrons. The van der Waals surface area contributed by atoms with Gasteiger partial charge in [0.15, 0.2) is 11.2 Å². The molecule has 3 nitrogen and oxygen atoms in total. The van der Waals surface area contributed by atoms with Gasteiger partial charge in [-0.3, -0.25) is 0 Å². The fourth-order valence-electron chi connectivity index (χ4n) is 8.27. The van der Waals surface area contributed by atoms with E-state index in [1.54, 1.807) is 0 Å². The van der Waals surface area contributed by atoms with Crippen LogP contribution in [0.4, 0.5) is 17.1 Å². The molecule has 12 rings (SSSR count). The number of benzene rings is 8. The molecule has 0 bridgehead atoms. The van der Waals surface area contributed by atoms with Gasteiger partial charge in [-0.1, -0.05) is 115 Å². The third kappa shape index (κ3) is 4.20. The maximum absolute atomic E-state index is 6.95. The molecule has 0 saturated carbocycles. The summed E-state index contributed by atoms with van der Waals surface area (Å²) in [6.07, 6.45) is 0. The minimum atomic E-state index is 0.858. The summed E-state index contributed by atoms with van der Waals surface area (Å²) < 4.78 is 18.9. The van der Waals surface area contributed by atoms with Crippen LogP contribution < -0.4 is 4.90 Å². The first-order chi connectivity index (χ1) is 26.3. The van der Waals surface area contributed by atoms with Crippen LogP contribution in [-0.2, 0) is 0 Å². The van der Waals surface area contributed by atoms with Gasteiger partial charge in [0.1, 0.15) is 11.2 Å². The van der Waals surface area contributed by atoms with E-state index in [-0.39, 0.29) is 0 Å². The lowest BCUT2D eigenvalue weighted by atomic mass is 10.0. The number of hydrogen-bond donors (Lipinski definition) is 0. The smallest absolute Gasteiger partial charge is 0.160 e. The van der Waals surface area contributed by atoms with E-state index < -0.39 is 0 Å². The minimum absolute atomic E-state index is 0.858. The summed E-state index contributed by atoms with van der Waals surface area (Å²) in [5, 5.41) is 9.44. The van der Waals surface area contributed by atoms with Gasteiger partial charge in [-0.15, -0.1) is 22.7 Å². The molecule has 0 atom stereocenters. The monoisotopic (exact) mass is 713 g/mol.